The molecule has 1 heterocycles. The SMILES string of the molecule is CC(C)(C(=O)Nc1cccc(C#N)c1)C(=O)N1CCN(c2ccc(F)cc2)CC1. The first-order valence-corrected chi connectivity index (χ1v) is 9.43. The molecule has 1 aliphatic heterocycles. The molecular formula is C22H23FN4O2. The Balaban J connectivity index is 1.62. The number of halogens is 1. The van der Waals surface area contributed by atoms with Crippen LogP contribution in [0.4, 0.5) is 15.8 Å². The molecule has 0 radical (unpaired) electrons. The second-order valence-corrected chi connectivity index (χ2v) is 7.53. The molecular weight excluding hydrogens is 371 g/mol. The Morgan fingerprint density at radius 1 is 1.07 bits per heavy atom. The summed E-state index contributed by atoms with van der Waals surface area (Å²) in [5.41, 5.74) is 0.577. The van der Waals surface area contributed by atoms with Gasteiger partial charge in [0.1, 0.15) is 11.2 Å². The van der Waals surface area contributed by atoms with Crippen LogP contribution in [0.25, 0.3) is 0 Å². The normalized spacial score (nSPS) is 14.3. The van der Waals surface area contributed by atoms with Gasteiger partial charge in [-0.05, 0) is 56.3 Å². The summed E-state index contributed by atoms with van der Waals surface area (Å²) in [4.78, 5) is 29.5. The average molecular weight is 394 g/mol. The lowest BCUT2D eigenvalue weighted by molar-refractivity contribution is -0.146. The van der Waals surface area contributed by atoms with Crippen molar-refractivity contribution in [2.24, 2.45) is 5.41 Å². The van der Waals surface area contributed by atoms with E-state index in [1.807, 2.05) is 6.07 Å². The first-order chi connectivity index (χ1) is 13.8. The number of carbonyl (C=O) groups is 2. The molecule has 0 aliphatic carbocycles. The number of nitriles is 1. The summed E-state index contributed by atoms with van der Waals surface area (Å²) in [5, 5.41) is 11.7. The van der Waals surface area contributed by atoms with Gasteiger partial charge in [0.05, 0.1) is 11.6 Å². The van der Waals surface area contributed by atoms with Crippen LogP contribution >= 0.6 is 0 Å². The number of benzene rings is 2. The third kappa shape index (κ3) is 4.54. The first kappa shape index (κ1) is 20.3. The van der Waals surface area contributed by atoms with Crippen LogP contribution in [0, 0.1) is 22.6 Å². The van der Waals surface area contributed by atoms with Gasteiger partial charge in [0.25, 0.3) is 0 Å². The molecule has 2 aromatic rings. The van der Waals surface area contributed by atoms with Gasteiger partial charge in [0.2, 0.25) is 11.8 Å². The second kappa shape index (κ2) is 8.31. The summed E-state index contributed by atoms with van der Waals surface area (Å²) >= 11 is 0. The largest absolute Gasteiger partial charge is 0.368 e. The molecule has 2 aromatic carbocycles. The standard InChI is InChI=1S/C22H23FN4O2/c1-22(2,20(28)25-18-5-3-4-16(14-18)15-24)21(29)27-12-10-26(11-13-27)19-8-6-17(23)7-9-19/h3-9,14H,10-13H2,1-2H3,(H,25,28). The van der Waals surface area contributed by atoms with E-state index >= 15 is 0 Å². The molecule has 2 amide bonds. The van der Waals surface area contributed by atoms with Crippen molar-refractivity contribution < 1.29 is 14.0 Å². The molecule has 0 aromatic heterocycles. The number of nitrogens with one attached hydrogen (secondary N) is 1. The lowest BCUT2D eigenvalue weighted by Crippen LogP contribution is -2.54. The first-order valence-electron chi connectivity index (χ1n) is 9.43. The van der Waals surface area contributed by atoms with Gasteiger partial charge in [-0.15, -0.1) is 0 Å². The monoisotopic (exact) mass is 394 g/mol. The fraction of sp³-hybridized carbons (Fsp3) is 0.318. The van der Waals surface area contributed by atoms with Crippen molar-refractivity contribution in [3.05, 3.63) is 59.9 Å². The topological polar surface area (TPSA) is 76.4 Å². The van der Waals surface area contributed by atoms with Crippen LogP contribution in [0.15, 0.2) is 48.5 Å². The zero-order chi connectivity index (χ0) is 21.0. The van der Waals surface area contributed by atoms with E-state index in [-0.39, 0.29) is 11.7 Å². The fourth-order valence-electron chi connectivity index (χ4n) is 3.27. The maximum absolute atomic E-state index is 13.1. The summed E-state index contributed by atoms with van der Waals surface area (Å²) in [5.74, 6) is -0.945. The van der Waals surface area contributed by atoms with Gasteiger partial charge in [-0.1, -0.05) is 6.07 Å². The Bertz CT molecular complexity index is 942. The Morgan fingerprint density at radius 2 is 1.72 bits per heavy atom. The smallest absolute Gasteiger partial charge is 0.239 e. The number of carbonyl (C=O) groups excluding carboxylic acids is 2. The van der Waals surface area contributed by atoms with Gasteiger partial charge >= 0.3 is 0 Å². The van der Waals surface area contributed by atoms with Crippen LogP contribution in [0.3, 0.4) is 0 Å². The summed E-state index contributed by atoms with van der Waals surface area (Å²) in [7, 11) is 0. The molecule has 6 nitrogen and oxygen atoms in total. The average Bonchev–Trinajstić information content (AvgIpc) is 2.74. The van der Waals surface area contributed by atoms with E-state index in [4.69, 9.17) is 5.26 Å². The molecule has 0 saturated carbocycles. The maximum atomic E-state index is 13.1. The number of piperazine rings is 1. The van der Waals surface area contributed by atoms with Crippen LogP contribution in [0.2, 0.25) is 0 Å². The summed E-state index contributed by atoms with van der Waals surface area (Å²) < 4.78 is 13.1. The van der Waals surface area contributed by atoms with Gasteiger partial charge in [0, 0.05) is 37.6 Å². The number of rotatable bonds is 4. The lowest BCUT2D eigenvalue weighted by atomic mass is 9.89. The lowest BCUT2D eigenvalue weighted by Gasteiger charge is -2.39. The van der Waals surface area contributed by atoms with E-state index in [2.05, 4.69) is 10.2 Å². The molecule has 150 valence electrons. The summed E-state index contributed by atoms with van der Waals surface area (Å²) in [6.45, 7) is 5.39. The van der Waals surface area contributed by atoms with Crippen LogP contribution in [0.1, 0.15) is 19.4 Å². The van der Waals surface area contributed by atoms with Crippen molar-refractivity contribution in [3.63, 3.8) is 0 Å². The molecule has 0 unspecified atom stereocenters. The third-order valence-electron chi connectivity index (χ3n) is 5.11. The number of nitrogens with zero attached hydrogens (tertiary/aromatic N) is 3. The zero-order valence-corrected chi connectivity index (χ0v) is 16.5. The molecule has 0 spiro atoms. The number of amides is 2. The van der Waals surface area contributed by atoms with Crippen molar-refractivity contribution in [3.8, 4) is 6.07 Å². The predicted octanol–water partition coefficient (Wildman–Crippen LogP) is 3.01. The Labute approximate surface area is 169 Å². The van der Waals surface area contributed by atoms with E-state index < -0.39 is 11.3 Å². The van der Waals surface area contributed by atoms with Crippen molar-refractivity contribution in [2.45, 2.75) is 13.8 Å². The molecule has 0 bridgehead atoms. The highest BCUT2D eigenvalue weighted by Crippen LogP contribution is 2.24. The minimum atomic E-state index is -1.25. The van der Waals surface area contributed by atoms with E-state index in [1.54, 1.807) is 55.1 Å². The minimum Gasteiger partial charge on any atom is -0.368 e. The van der Waals surface area contributed by atoms with Crippen LogP contribution in [0.5, 0.6) is 0 Å². The van der Waals surface area contributed by atoms with Gasteiger partial charge in [-0.2, -0.15) is 5.26 Å². The highest BCUT2D eigenvalue weighted by molar-refractivity contribution is 6.09. The van der Waals surface area contributed by atoms with Gasteiger partial charge in [-0.3, -0.25) is 9.59 Å². The Kier molecular flexibility index (Phi) is 5.83. The zero-order valence-electron chi connectivity index (χ0n) is 16.5. The quantitative estimate of drug-likeness (QED) is 0.809. The van der Waals surface area contributed by atoms with Crippen LogP contribution < -0.4 is 10.2 Å². The number of hydrogen-bond acceptors (Lipinski definition) is 4. The molecule has 3 rings (SSSR count). The second-order valence-electron chi connectivity index (χ2n) is 7.53. The maximum Gasteiger partial charge on any atom is 0.239 e. The van der Waals surface area contributed by atoms with Crippen molar-refractivity contribution >= 4 is 23.2 Å². The minimum absolute atomic E-state index is 0.245. The van der Waals surface area contributed by atoms with E-state index in [9.17, 15) is 14.0 Å². The van der Waals surface area contributed by atoms with Crippen molar-refractivity contribution in [1.82, 2.24) is 4.90 Å². The van der Waals surface area contributed by atoms with E-state index in [1.165, 1.54) is 12.1 Å². The Hall–Kier alpha value is -3.40. The van der Waals surface area contributed by atoms with E-state index in [0.717, 1.165) is 5.69 Å². The number of hydrogen-bond donors (Lipinski definition) is 1. The van der Waals surface area contributed by atoms with Crippen LogP contribution in [-0.2, 0) is 9.59 Å². The van der Waals surface area contributed by atoms with Crippen molar-refractivity contribution in [2.75, 3.05) is 36.4 Å². The summed E-state index contributed by atoms with van der Waals surface area (Å²) in [6.07, 6.45) is 0. The molecule has 0 atom stereocenters. The molecule has 29 heavy (non-hydrogen) atoms. The van der Waals surface area contributed by atoms with Crippen molar-refractivity contribution in [1.29, 1.82) is 5.26 Å². The third-order valence-corrected chi connectivity index (χ3v) is 5.11. The fourth-order valence-corrected chi connectivity index (χ4v) is 3.27. The highest BCUT2D eigenvalue weighted by Gasteiger charge is 2.40. The van der Waals surface area contributed by atoms with Crippen LogP contribution in [-0.4, -0.2) is 42.9 Å². The molecule has 1 aliphatic rings. The van der Waals surface area contributed by atoms with E-state index in [0.29, 0.717) is 37.4 Å². The highest BCUT2D eigenvalue weighted by atomic mass is 19.1. The summed E-state index contributed by atoms with van der Waals surface area (Å²) in [6, 6.07) is 14.9. The molecule has 7 heteroatoms. The van der Waals surface area contributed by atoms with Gasteiger partial charge < -0.3 is 15.1 Å². The molecule has 1 saturated heterocycles. The van der Waals surface area contributed by atoms with Gasteiger partial charge in [0.15, 0.2) is 0 Å². The number of anilines is 2. The van der Waals surface area contributed by atoms with Gasteiger partial charge in [-0.25, -0.2) is 4.39 Å². The predicted molar refractivity (Wildman–Crippen MR) is 109 cm³/mol. The Morgan fingerprint density at radius 3 is 2.34 bits per heavy atom. The molecule has 1 N–H and O–H groups in total. The molecule has 1 fully saturated rings.